The SMILES string of the molecule is CC(C)(N)CC(C)(C)C(=O)OCC(C)(C)SO. The van der Waals surface area contributed by atoms with Crippen LogP contribution >= 0.6 is 12.0 Å². The Balaban J connectivity index is 4.41. The Labute approximate surface area is 108 Å². The third-order valence-corrected chi connectivity index (χ3v) is 2.86. The summed E-state index contributed by atoms with van der Waals surface area (Å²) in [6, 6.07) is 0. The lowest BCUT2D eigenvalue weighted by Crippen LogP contribution is -2.42. The van der Waals surface area contributed by atoms with E-state index >= 15 is 0 Å². The Morgan fingerprint density at radius 1 is 1.24 bits per heavy atom. The molecule has 0 saturated heterocycles. The quantitative estimate of drug-likeness (QED) is 0.569. The summed E-state index contributed by atoms with van der Waals surface area (Å²) in [5.41, 5.74) is 4.89. The average Bonchev–Trinajstić information content (AvgIpc) is 2.10. The van der Waals surface area contributed by atoms with Crippen LogP contribution in [0.5, 0.6) is 0 Å². The molecular formula is C12H25NO3S. The lowest BCUT2D eigenvalue weighted by Gasteiger charge is -2.31. The molecule has 0 amide bonds. The van der Waals surface area contributed by atoms with Crippen LogP contribution in [0.2, 0.25) is 0 Å². The van der Waals surface area contributed by atoms with Crippen LogP contribution < -0.4 is 5.73 Å². The zero-order chi connectivity index (χ0) is 13.9. The van der Waals surface area contributed by atoms with Gasteiger partial charge in [-0.15, -0.1) is 0 Å². The zero-order valence-corrected chi connectivity index (χ0v) is 12.5. The first kappa shape index (κ1) is 16.7. The first-order valence-electron chi connectivity index (χ1n) is 5.68. The molecule has 3 N–H and O–H groups in total. The number of rotatable bonds is 6. The summed E-state index contributed by atoms with van der Waals surface area (Å²) in [5.74, 6) is -0.279. The molecule has 0 bridgehead atoms. The maximum absolute atomic E-state index is 11.9. The summed E-state index contributed by atoms with van der Waals surface area (Å²) in [5, 5.41) is 0. The molecule has 0 aliphatic carbocycles. The second-order valence-corrected chi connectivity index (χ2v) is 7.76. The van der Waals surface area contributed by atoms with E-state index in [0.29, 0.717) is 18.5 Å². The normalized spacial score (nSPS) is 13.6. The van der Waals surface area contributed by atoms with Gasteiger partial charge in [-0.25, -0.2) is 0 Å². The topological polar surface area (TPSA) is 72.6 Å². The van der Waals surface area contributed by atoms with E-state index in [0.717, 1.165) is 0 Å². The number of nitrogens with two attached hydrogens (primary N) is 1. The van der Waals surface area contributed by atoms with Gasteiger partial charge in [-0.3, -0.25) is 4.79 Å². The van der Waals surface area contributed by atoms with Gasteiger partial charge in [0.15, 0.2) is 0 Å². The highest BCUT2D eigenvalue weighted by Crippen LogP contribution is 2.29. The molecule has 0 saturated carbocycles. The molecule has 0 aromatic carbocycles. The van der Waals surface area contributed by atoms with Gasteiger partial charge in [0, 0.05) is 5.54 Å². The number of ether oxygens (including phenoxy) is 1. The summed E-state index contributed by atoms with van der Waals surface area (Å²) in [6.45, 7) is 11.2. The van der Waals surface area contributed by atoms with Crippen molar-refractivity contribution >= 4 is 18.0 Å². The molecule has 0 spiro atoms. The van der Waals surface area contributed by atoms with Crippen molar-refractivity contribution in [2.45, 2.75) is 58.2 Å². The van der Waals surface area contributed by atoms with Crippen LogP contribution in [-0.4, -0.2) is 27.4 Å². The van der Waals surface area contributed by atoms with Crippen molar-refractivity contribution in [3.8, 4) is 0 Å². The molecule has 0 fully saturated rings. The number of esters is 1. The lowest BCUT2D eigenvalue weighted by molar-refractivity contribution is -0.155. The zero-order valence-electron chi connectivity index (χ0n) is 11.7. The molecule has 0 heterocycles. The van der Waals surface area contributed by atoms with Crippen molar-refractivity contribution in [3.63, 3.8) is 0 Å². The average molecular weight is 263 g/mol. The van der Waals surface area contributed by atoms with Gasteiger partial charge in [-0.2, -0.15) is 0 Å². The highest BCUT2D eigenvalue weighted by Gasteiger charge is 2.35. The molecule has 0 unspecified atom stereocenters. The standard InChI is InChI=1S/C12H25NO3S/c1-10(2,7-11(3,4)13)9(14)16-8-12(5,6)17-15/h15H,7-8,13H2,1-6H3. The van der Waals surface area contributed by atoms with Crippen LogP contribution in [0.4, 0.5) is 0 Å². The van der Waals surface area contributed by atoms with E-state index in [1.807, 2.05) is 41.5 Å². The van der Waals surface area contributed by atoms with E-state index in [2.05, 4.69) is 0 Å². The monoisotopic (exact) mass is 263 g/mol. The van der Waals surface area contributed by atoms with Crippen molar-refractivity contribution in [3.05, 3.63) is 0 Å². The third kappa shape index (κ3) is 6.91. The van der Waals surface area contributed by atoms with Crippen molar-refractivity contribution in [2.75, 3.05) is 6.61 Å². The van der Waals surface area contributed by atoms with Gasteiger partial charge >= 0.3 is 5.97 Å². The van der Waals surface area contributed by atoms with Crippen molar-refractivity contribution in [1.29, 1.82) is 0 Å². The van der Waals surface area contributed by atoms with Crippen LogP contribution in [-0.2, 0) is 9.53 Å². The molecule has 0 radical (unpaired) electrons. The van der Waals surface area contributed by atoms with E-state index in [1.165, 1.54) is 0 Å². The molecule has 17 heavy (non-hydrogen) atoms. The predicted molar refractivity (Wildman–Crippen MR) is 71.9 cm³/mol. The molecular weight excluding hydrogens is 238 g/mol. The van der Waals surface area contributed by atoms with E-state index in [9.17, 15) is 4.79 Å². The molecule has 0 aromatic heterocycles. The molecule has 0 rings (SSSR count). The maximum atomic E-state index is 11.9. The van der Waals surface area contributed by atoms with Gasteiger partial charge in [0.05, 0.1) is 10.2 Å². The molecule has 5 heteroatoms. The van der Waals surface area contributed by atoms with Crippen LogP contribution in [0.3, 0.4) is 0 Å². The van der Waals surface area contributed by atoms with Crippen molar-refractivity contribution in [1.82, 2.24) is 0 Å². The second-order valence-electron chi connectivity index (χ2n) is 6.48. The van der Waals surface area contributed by atoms with Crippen LogP contribution in [0, 0.1) is 5.41 Å². The summed E-state index contributed by atoms with van der Waals surface area (Å²) in [4.78, 5) is 11.9. The first-order valence-corrected chi connectivity index (χ1v) is 6.46. The van der Waals surface area contributed by atoms with Crippen molar-refractivity contribution in [2.24, 2.45) is 11.1 Å². The fraction of sp³-hybridized carbons (Fsp3) is 0.917. The Hall–Kier alpha value is -0.260. The van der Waals surface area contributed by atoms with Gasteiger partial charge in [-0.05, 0) is 60.0 Å². The summed E-state index contributed by atoms with van der Waals surface area (Å²) < 4.78 is 13.8. The van der Waals surface area contributed by atoms with Crippen LogP contribution in [0.15, 0.2) is 0 Å². The Kier molecular flexibility index (Phi) is 5.50. The smallest absolute Gasteiger partial charge is 0.311 e. The minimum atomic E-state index is -0.617. The Bertz CT molecular complexity index is 269. The van der Waals surface area contributed by atoms with Gasteiger partial charge in [0.1, 0.15) is 6.61 Å². The van der Waals surface area contributed by atoms with E-state index in [4.69, 9.17) is 15.0 Å². The molecule has 102 valence electrons. The van der Waals surface area contributed by atoms with Gasteiger partial charge in [0.25, 0.3) is 0 Å². The van der Waals surface area contributed by atoms with Crippen molar-refractivity contribution < 1.29 is 14.1 Å². The van der Waals surface area contributed by atoms with Gasteiger partial charge < -0.3 is 15.0 Å². The van der Waals surface area contributed by atoms with Crippen LogP contribution in [0.25, 0.3) is 0 Å². The van der Waals surface area contributed by atoms with E-state index < -0.39 is 15.7 Å². The summed E-state index contributed by atoms with van der Waals surface area (Å²) >= 11 is 0.691. The fourth-order valence-electron chi connectivity index (χ4n) is 1.67. The Morgan fingerprint density at radius 3 is 2.06 bits per heavy atom. The summed E-state index contributed by atoms with van der Waals surface area (Å²) in [6.07, 6.45) is 0.547. The second kappa shape index (κ2) is 5.59. The molecule has 0 aromatic rings. The highest BCUT2D eigenvalue weighted by atomic mass is 32.2. The lowest BCUT2D eigenvalue weighted by atomic mass is 9.80. The molecule has 0 aliphatic rings. The molecule has 0 aliphatic heterocycles. The number of hydrogen-bond donors (Lipinski definition) is 2. The fourth-order valence-corrected chi connectivity index (χ4v) is 1.78. The summed E-state index contributed by atoms with van der Waals surface area (Å²) in [7, 11) is 0. The number of carbonyl (C=O) groups excluding carboxylic acids is 1. The van der Waals surface area contributed by atoms with Crippen LogP contribution in [0.1, 0.15) is 48.0 Å². The largest absolute Gasteiger partial charge is 0.464 e. The van der Waals surface area contributed by atoms with E-state index in [1.54, 1.807) is 0 Å². The third-order valence-electron chi connectivity index (χ3n) is 2.25. The first-order chi connectivity index (χ1) is 7.40. The molecule has 0 atom stereocenters. The number of carbonyl (C=O) groups is 1. The number of hydrogen-bond acceptors (Lipinski definition) is 5. The Morgan fingerprint density at radius 2 is 1.71 bits per heavy atom. The maximum Gasteiger partial charge on any atom is 0.311 e. The minimum absolute atomic E-state index is 0.182. The predicted octanol–water partition coefficient (Wildman–Crippen LogP) is 2.67. The van der Waals surface area contributed by atoms with E-state index in [-0.39, 0.29) is 12.6 Å². The van der Waals surface area contributed by atoms with Gasteiger partial charge in [0.2, 0.25) is 0 Å². The highest BCUT2D eigenvalue weighted by molar-refractivity contribution is 7.95. The van der Waals surface area contributed by atoms with Gasteiger partial charge in [-0.1, -0.05) is 0 Å². The molecule has 4 nitrogen and oxygen atoms in total. The minimum Gasteiger partial charge on any atom is -0.464 e.